The van der Waals surface area contributed by atoms with E-state index in [0.717, 1.165) is 31.2 Å². The van der Waals surface area contributed by atoms with Gasteiger partial charge >= 0.3 is 0 Å². The number of aromatic amines is 1. The third-order valence-electron chi connectivity index (χ3n) is 4.39. The molecule has 21 heavy (non-hydrogen) atoms. The molecule has 0 bridgehead atoms. The second-order valence-electron chi connectivity index (χ2n) is 6.19. The highest BCUT2D eigenvalue weighted by Crippen LogP contribution is 2.37. The molecular weight excluding hydrogens is 266 g/mol. The van der Waals surface area contributed by atoms with Gasteiger partial charge in [-0.3, -0.25) is 14.8 Å². The predicted octanol–water partition coefficient (Wildman–Crippen LogP) is 1.56. The molecule has 1 aliphatic carbocycles. The van der Waals surface area contributed by atoms with Crippen LogP contribution in [0.1, 0.15) is 63.0 Å². The Morgan fingerprint density at radius 2 is 2.24 bits per heavy atom. The molecule has 2 fully saturated rings. The van der Waals surface area contributed by atoms with Crippen LogP contribution in [-0.4, -0.2) is 45.1 Å². The number of carbonyl (C=O) groups is 1. The van der Waals surface area contributed by atoms with Crippen LogP contribution < -0.4 is 5.32 Å². The average molecular weight is 291 g/mol. The van der Waals surface area contributed by atoms with Crippen molar-refractivity contribution >= 4 is 5.91 Å². The quantitative estimate of drug-likeness (QED) is 0.834. The lowest BCUT2D eigenvalue weighted by Crippen LogP contribution is -2.42. The number of piperidine rings is 1. The number of hydrogen-bond donors (Lipinski definition) is 2. The number of nitrogens with zero attached hydrogens (tertiary/aromatic N) is 3. The van der Waals surface area contributed by atoms with Crippen molar-refractivity contribution in [3.63, 3.8) is 0 Å². The molecule has 1 aromatic rings. The highest BCUT2D eigenvalue weighted by molar-refractivity contribution is 5.76. The predicted molar refractivity (Wildman–Crippen MR) is 79.7 cm³/mol. The normalized spacial score (nSPS) is 23.2. The van der Waals surface area contributed by atoms with Crippen molar-refractivity contribution in [2.24, 2.45) is 0 Å². The molecule has 1 amide bonds. The monoisotopic (exact) mass is 291 g/mol. The Kier molecular flexibility index (Phi) is 4.53. The number of hydrogen-bond acceptors (Lipinski definition) is 4. The van der Waals surface area contributed by atoms with Crippen LogP contribution in [-0.2, 0) is 11.3 Å². The highest BCUT2D eigenvalue weighted by Gasteiger charge is 2.29. The molecule has 1 aromatic heterocycles. The maximum atomic E-state index is 11.8. The van der Waals surface area contributed by atoms with Crippen LogP contribution in [0.15, 0.2) is 0 Å². The minimum absolute atomic E-state index is 0.158. The maximum absolute atomic E-state index is 11.8. The summed E-state index contributed by atoms with van der Waals surface area (Å²) in [5.74, 6) is 2.66. The Bertz CT molecular complexity index is 482. The molecule has 6 nitrogen and oxygen atoms in total. The van der Waals surface area contributed by atoms with Gasteiger partial charge in [-0.05, 0) is 39.2 Å². The molecule has 3 rings (SSSR count). The van der Waals surface area contributed by atoms with Crippen molar-refractivity contribution in [3.05, 3.63) is 11.6 Å². The Morgan fingerprint density at radius 3 is 3.00 bits per heavy atom. The number of likely N-dealkylation sites (tertiary alicyclic amines) is 1. The van der Waals surface area contributed by atoms with Gasteiger partial charge in [0.2, 0.25) is 5.91 Å². The first-order chi connectivity index (χ1) is 10.3. The van der Waals surface area contributed by atoms with Gasteiger partial charge in [-0.2, -0.15) is 5.10 Å². The summed E-state index contributed by atoms with van der Waals surface area (Å²) < 4.78 is 0. The molecule has 1 unspecified atom stereocenters. The summed E-state index contributed by atoms with van der Waals surface area (Å²) in [5, 5.41) is 10.3. The minimum atomic E-state index is 0.158. The van der Waals surface area contributed by atoms with Crippen LogP contribution in [0.4, 0.5) is 0 Å². The number of H-pyrrole nitrogens is 1. The van der Waals surface area contributed by atoms with Crippen LogP contribution in [0.5, 0.6) is 0 Å². The summed E-state index contributed by atoms with van der Waals surface area (Å²) in [7, 11) is 0. The Hall–Kier alpha value is -1.43. The van der Waals surface area contributed by atoms with E-state index >= 15 is 0 Å². The number of rotatable bonds is 6. The number of carbonyl (C=O) groups excluding carboxylic acids is 1. The lowest BCUT2D eigenvalue weighted by atomic mass is 9.99. The largest absolute Gasteiger partial charge is 0.356 e. The van der Waals surface area contributed by atoms with E-state index in [1.165, 1.54) is 25.7 Å². The molecule has 2 N–H and O–H groups in total. The van der Waals surface area contributed by atoms with E-state index < -0.39 is 0 Å². The summed E-state index contributed by atoms with van der Waals surface area (Å²) in [6, 6.07) is 0.333. The molecular formula is C15H25N5O. The zero-order chi connectivity index (χ0) is 14.7. The molecule has 0 aromatic carbocycles. The lowest BCUT2D eigenvalue weighted by molar-refractivity contribution is -0.122. The maximum Gasteiger partial charge on any atom is 0.221 e. The molecule has 0 spiro atoms. The summed E-state index contributed by atoms with van der Waals surface area (Å²) in [4.78, 5) is 18.8. The molecule has 0 radical (unpaired) electrons. The van der Waals surface area contributed by atoms with Gasteiger partial charge in [0.1, 0.15) is 5.82 Å². The SMILES string of the molecule is CCNC(=O)CC1CCCCN1Cc1nc(C2CC2)n[nH]1. The van der Waals surface area contributed by atoms with Gasteiger partial charge in [0.25, 0.3) is 0 Å². The first-order valence-electron chi connectivity index (χ1n) is 8.18. The van der Waals surface area contributed by atoms with Crippen molar-refractivity contribution in [2.75, 3.05) is 13.1 Å². The zero-order valence-corrected chi connectivity index (χ0v) is 12.8. The molecule has 116 valence electrons. The van der Waals surface area contributed by atoms with Gasteiger partial charge in [0.05, 0.1) is 6.54 Å². The van der Waals surface area contributed by atoms with Gasteiger partial charge in [0, 0.05) is 24.9 Å². The van der Waals surface area contributed by atoms with Crippen molar-refractivity contribution in [2.45, 2.75) is 64.0 Å². The van der Waals surface area contributed by atoms with E-state index in [1.54, 1.807) is 0 Å². The molecule has 1 saturated carbocycles. The number of nitrogens with one attached hydrogen (secondary N) is 2. The fourth-order valence-electron chi connectivity index (χ4n) is 3.08. The average Bonchev–Trinajstić information content (AvgIpc) is 3.22. The zero-order valence-electron chi connectivity index (χ0n) is 12.8. The van der Waals surface area contributed by atoms with E-state index in [1.807, 2.05) is 6.92 Å². The highest BCUT2D eigenvalue weighted by atomic mass is 16.1. The van der Waals surface area contributed by atoms with Crippen LogP contribution in [0.3, 0.4) is 0 Å². The van der Waals surface area contributed by atoms with Crippen molar-refractivity contribution < 1.29 is 4.79 Å². The van der Waals surface area contributed by atoms with Gasteiger partial charge in [-0.15, -0.1) is 0 Å². The fraction of sp³-hybridized carbons (Fsp3) is 0.800. The third kappa shape index (κ3) is 3.81. The first-order valence-corrected chi connectivity index (χ1v) is 8.18. The van der Waals surface area contributed by atoms with E-state index in [9.17, 15) is 4.79 Å². The van der Waals surface area contributed by atoms with Crippen LogP contribution in [0.2, 0.25) is 0 Å². The molecule has 6 heteroatoms. The first kappa shape index (κ1) is 14.5. The van der Waals surface area contributed by atoms with E-state index in [4.69, 9.17) is 0 Å². The lowest BCUT2D eigenvalue weighted by Gasteiger charge is -2.34. The second kappa shape index (κ2) is 6.56. The Balaban J connectivity index is 1.58. The summed E-state index contributed by atoms with van der Waals surface area (Å²) >= 11 is 0. The molecule has 2 aliphatic rings. The van der Waals surface area contributed by atoms with Gasteiger partial charge in [-0.1, -0.05) is 6.42 Å². The van der Waals surface area contributed by atoms with Gasteiger partial charge in [-0.25, -0.2) is 4.98 Å². The van der Waals surface area contributed by atoms with Crippen LogP contribution in [0.25, 0.3) is 0 Å². The van der Waals surface area contributed by atoms with Crippen molar-refractivity contribution in [1.29, 1.82) is 0 Å². The molecule has 2 heterocycles. The van der Waals surface area contributed by atoms with Crippen molar-refractivity contribution in [1.82, 2.24) is 25.4 Å². The van der Waals surface area contributed by atoms with Crippen LogP contribution in [0, 0.1) is 0 Å². The minimum Gasteiger partial charge on any atom is -0.356 e. The molecule has 1 saturated heterocycles. The topological polar surface area (TPSA) is 73.9 Å². The standard InChI is InChI=1S/C15H25N5O/c1-2-16-14(21)9-12-5-3-4-8-20(12)10-13-17-15(19-18-13)11-6-7-11/h11-12H,2-10H2,1H3,(H,16,21)(H,17,18,19). The van der Waals surface area contributed by atoms with E-state index in [0.29, 0.717) is 24.9 Å². The molecule has 1 atom stereocenters. The van der Waals surface area contributed by atoms with Crippen LogP contribution >= 0.6 is 0 Å². The van der Waals surface area contributed by atoms with E-state index in [2.05, 4.69) is 25.4 Å². The Labute approximate surface area is 125 Å². The molecule has 1 aliphatic heterocycles. The number of aromatic nitrogens is 3. The third-order valence-corrected chi connectivity index (χ3v) is 4.39. The van der Waals surface area contributed by atoms with Crippen molar-refractivity contribution in [3.8, 4) is 0 Å². The summed E-state index contributed by atoms with van der Waals surface area (Å²) in [5.41, 5.74) is 0. The summed E-state index contributed by atoms with van der Waals surface area (Å²) in [6.07, 6.45) is 6.56. The van der Waals surface area contributed by atoms with E-state index in [-0.39, 0.29) is 5.91 Å². The Morgan fingerprint density at radius 1 is 1.38 bits per heavy atom. The second-order valence-corrected chi connectivity index (χ2v) is 6.19. The van der Waals surface area contributed by atoms with Gasteiger partial charge < -0.3 is 5.32 Å². The fourth-order valence-corrected chi connectivity index (χ4v) is 3.08. The smallest absolute Gasteiger partial charge is 0.221 e. The van der Waals surface area contributed by atoms with Gasteiger partial charge in [0.15, 0.2) is 5.82 Å². The summed E-state index contributed by atoms with van der Waals surface area (Å²) in [6.45, 7) is 4.50. The number of amides is 1.